The predicted molar refractivity (Wildman–Crippen MR) is 78.9 cm³/mol. The molecular formula is C14H13Cl2N3O. The summed E-state index contributed by atoms with van der Waals surface area (Å²) in [4.78, 5) is 21.9. The van der Waals surface area contributed by atoms with E-state index < -0.39 is 0 Å². The van der Waals surface area contributed by atoms with Gasteiger partial charge in [-0.1, -0.05) is 41.4 Å². The monoisotopic (exact) mass is 309 g/mol. The lowest BCUT2D eigenvalue weighted by atomic mass is 10.2. The highest BCUT2D eigenvalue weighted by Crippen LogP contribution is 2.18. The van der Waals surface area contributed by atoms with Crippen molar-refractivity contribution in [1.29, 1.82) is 0 Å². The molecule has 0 aliphatic rings. The number of benzene rings is 1. The van der Waals surface area contributed by atoms with Crippen LogP contribution >= 0.6 is 23.2 Å². The van der Waals surface area contributed by atoms with Crippen LogP contribution in [0.4, 0.5) is 0 Å². The normalized spacial score (nSPS) is 10.3. The smallest absolute Gasteiger partial charge is 0.274 e. The molecule has 0 radical (unpaired) electrons. The maximum atomic E-state index is 12.4. The third kappa shape index (κ3) is 3.46. The van der Waals surface area contributed by atoms with Gasteiger partial charge in [0.25, 0.3) is 5.91 Å². The second-order valence-corrected chi connectivity index (χ2v) is 4.93. The summed E-state index contributed by atoms with van der Waals surface area (Å²) in [6.45, 7) is 2.86. The Kier molecular flexibility index (Phi) is 4.93. The van der Waals surface area contributed by atoms with Gasteiger partial charge < -0.3 is 4.90 Å². The SMILES string of the molecule is CCN(Cc1ccccc1Cl)C(=O)c1cncc(Cl)n1. The van der Waals surface area contributed by atoms with E-state index in [2.05, 4.69) is 9.97 Å². The van der Waals surface area contributed by atoms with Gasteiger partial charge in [-0.3, -0.25) is 9.78 Å². The predicted octanol–water partition coefficient (Wildman–Crippen LogP) is 3.45. The zero-order valence-corrected chi connectivity index (χ0v) is 12.4. The molecule has 0 bridgehead atoms. The maximum absolute atomic E-state index is 12.4. The van der Waals surface area contributed by atoms with Crippen molar-refractivity contribution < 1.29 is 4.79 Å². The first-order valence-corrected chi connectivity index (χ1v) is 6.87. The number of amides is 1. The van der Waals surface area contributed by atoms with Crippen LogP contribution in [0.15, 0.2) is 36.7 Å². The summed E-state index contributed by atoms with van der Waals surface area (Å²) in [7, 11) is 0. The Labute approximate surface area is 127 Å². The third-order valence-electron chi connectivity index (χ3n) is 2.81. The minimum Gasteiger partial charge on any atom is -0.333 e. The van der Waals surface area contributed by atoms with Gasteiger partial charge in [0.05, 0.1) is 12.4 Å². The van der Waals surface area contributed by atoms with Crippen LogP contribution in [-0.4, -0.2) is 27.3 Å². The van der Waals surface area contributed by atoms with Gasteiger partial charge in [-0.25, -0.2) is 4.98 Å². The van der Waals surface area contributed by atoms with Gasteiger partial charge in [0.15, 0.2) is 0 Å². The largest absolute Gasteiger partial charge is 0.333 e. The van der Waals surface area contributed by atoms with Crippen molar-refractivity contribution in [3.05, 3.63) is 58.1 Å². The molecule has 0 aliphatic heterocycles. The Hall–Kier alpha value is -1.65. The van der Waals surface area contributed by atoms with Gasteiger partial charge in [0.1, 0.15) is 10.8 Å². The summed E-state index contributed by atoms with van der Waals surface area (Å²) in [5.74, 6) is -0.220. The van der Waals surface area contributed by atoms with Crippen molar-refractivity contribution in [2.45, 2.75) is 13.5 Å². The summed E-state index contributed by atoms with van der Waals surface area (Å²) in [5.41, 5.74) is 1.12. The minimum absolute atomic E-state index is 0.199. The number of hydrogen-bond donors (Lipinski definition) is 0. The van der Waals surface area contributed by atoms with Crippen LogP contribution in [0.25, 0.3) is 0 Å². The molecule has 0 fully saturated rings. The van der Waals surface area contributed by atoms with Crippen molar-refractivity contribution >= 4 is 29.1 Å². The van der Waals surface area contributed by atoms with Crippen LogP contribution < -0.4 is 0 Å². The highest BCUT2D eigenvalue weighted by Gasteiger charge is 2.17. The molecule has 4 nitrogen and oxygen atoms in total. The number of rotatable bonds is 4. The van der Waals surface area contributed by atoms with Crippen LogP contribution in [0.3, 0.4) is 0 Å². The van der Waals surface area contributed by atoms with E-state index in [4.69, 9.17) is 23.2 Å². The molecule has 20 heavy (non-hydrogen) atoms. The van der Waals surface area contributed by atoms with E-state index in [-0.39, 0.29) is 16.8 Å². The molecule has 1 aromatic heterocycles. The molecule has 6 heteroatoms. The average molecular weight is 310 g/mol. The first-order chi connectivity index (χ1) is 9.61. The van der Waals surface area contributed by atoms with Gasteiger partial charge >= 0.3 is 0 Å². The van der Waals surface area contributed by atoms with Gasteiger partial charge in [-0.15, -0.1) is 0 Å². The summed E-state index contributed by atoms with van der Waals surface area (Å²) in [5, 5.41) is 0.834. The third-order valence-corrected chi connectivity index (χ3v) is 3.36. The average Bonchev–Trinajstić information content (AvgIpc) is 2.46. The molecule has 0 N–H and O–H groups in total. The fraction of sp³-hybridized carbons (Fsp3) is 0.214. The lowest BCUT2D eigenvalue weighted by molar-refractivity contribution is 0.0746. The van der Waals surface area contributed by atoms with Crippen molar-refractivity contribution in [2.75, 3.05) is 6.54 Å². The molecule has 104 valence electrons. The number of nitrogens with zero attached hydrogens (tertiary/aromatic N) is 3. The minimum atomic E-state index is -0.220. The second kappa shape index (κ2) is 6.68. The Balaban J connectivity index is 2.20. The van der Waals surface area contributed by atoms with Gasteiger partial charge in [0, 0.05) is 18.1 Å². The molecule has 2 aromatic rings. The molecule has 1 aromatic carbocycles. The van der Waals surface area contributed by atoms with Gasteiger partial charge in [0.2, 0.25) is 0 Å². The number of halogens is 2. The standard InChI is InChI=1S/C14H13Cl2N3O/c1-2-19(9-10-5-3-4-6-11(10)15)14(20)12-7-17-8-13(16)18-12/h3-8H,2,9H2,1H3. The van der Waals surface area contributed by atoms with Crippen LogP contribution in [0.1, 0.15) is 23.0 Å². The van der Waals surface area contributed by atoms with Crippen molar-refractivity contribution in [1.82, 2.24) is 14.9 Å². The molecule has 0 atom stereocenters. The molecule has 0 saturated carbocycles. The van der Waals surface area contributed by atoms with Crippen LogP contribution in [0, 0.1) is 0 Å². The molecule has 0 unspecified atom stereocenters. The first-order valence-electron chi connectivity index (χ1n) is 6.12. The van der Waals surface area contributed by atoms with E-state index in [1.54, 1.807) is 11.0 Å². The highest BCUT2D eigenvalue weighted by molar-refractivity contribution is 6.31. The van der Waals surface area contributed by atoms with E-state index >= 15 is 0 Å². The Bertz CT molecular complexity index is 619. The van der Waals surface area contributed by atoms with Crippen LogP contribution in [-0.2, 0) is 6.54 Å². The topological polar surface area (TPSA) is 46.1 Å². The van der Waals surface area contributed by atoms with E-state index in [9.17, 15) is 4.79 Å². The Morgan fingerprint density at radius 3 is 2.65 bits per heavy atom. The van der Waals surface area contributed by atoms with Gasteiger partial charge in [-0.05, 0) is 18.6 Å². The maximum Gasteiger partial charge on any atom is 0.274 e. The summed E-state index contributed by atoms with van der Waals surface area (Å²) in [6.07, 6.45) is 2.80. The lowest BCUT2D eigenvalue weighted by Crippen LogP contribution is -2.31. The van der Waals surface area contributed by atoms with Gasteiger partial charge in [-0.2, -0.15) is 0 Å². The molecule has 1 heterocycles. The number of carbonyl (C=O) groups excluding carboxylic acids is 1. The fourth-order valence-electron chi connectivity index (χ4n) is 1.77. The molecule has 0 aliphatic carbocycles. The first kappa shape index (κ1) is 14.8. The van der Waals surface area contributed by atoms with Crippen molar-refractivity contribution in [3.63, 3.8) is 0 Å². The Morgan fingerprint density at radius 1 is 1.25 bits per heavy atom. The van der Waals surface area contributed by atoms with Crippen LogP contribution in [0.5, 0.6) is 0 Å². The number of carbonyl (C=O) groups is 1. The second-order valence-electron chi connectivity index (χ2n) is 4.14. The summed E-state index contributed by atoms with van der Waals surface area (Å²) < 4.78 is 0. The van der Waals surface area contributed by atoms with E-state index in [1.165, 1.54) is 12.4 Å². The summed E-state index contributed by atoms with van der Waals surface area (Å²) in [6, 6.07) is 7.43. The zero-order valence-electron chi connectivity index (χ0n) is 10.9. The lowest BCUT2D eigenvalue weighted by Gasteiger charge is -2.21. The fourth-order valence-corrected chi connectivity index (χ4v) is 2.11. The van der Waals surface area contributed by atoms with Crippen molar-refractivity contribution in [2.24, 2.45) is 0 Å². The Morgan fingerprint density at radius 2 is 2.00 bits per heavy atom. The molecular weight excluding hydrogens is 297 g/mol. The molecule has 2 rings (SSSR count). The number of aromatic nitrogens is 2. The molecule has 0 saturated heterocycles. The quantitative estimate of drug-likeness (QED) is 0.869. The van der Waals surface area contributed by atoms with Crippen molar-refractivity contribution in [3.8, 4) is 0 Å². The number of hydrogen-bond acceptors (Lipinski definition) is 3. The van der Waals surface area contributed by atoms with Crippen LogP contribution in [0.2, 0.25) is 10.2 Å². The zero-order chi connectivity index (χ0) is 14.5. The van der Waals surface area contributed by atoms with E-state index in [1.807, 2.05) is 25.1 Å². The highest BCUT2D eigenvalue weighted by atomic mass is 35.5. The molecule has 0 spiro atoms. The van der Waals surface area contributed by atoms with E-state index in [0.29, 0.717) is 18.1 Å². The van der Waals surface area contributed by atoms with E-state index in [0.717, 1.165) is 5.56 Å². The molecule has 1 amide bonds. The summed E-state index contributed by atoms with van der Waals surface area (Å²) >= 11 is 11.9.